The van der Waals surface area contributed by atoms with Gasteiger partial charge in [0.05, 0.1) is 6.54 Å². The summed E-state index contributed by atoms with van der Waals surface area (Å²) in [6, 6.07) is 13.8. The highest BCUT2D eigenvalue weighted by Crippen LogP contribution is 2.09. The van der Waals surface area contributed by atoms with E-state index >= 15 is 0 Å². The van der Waals surface area contributed by atoms with E-state index in [1.165, 1.54) is 5.56 Å². The second kappa shape index (κ2) is 10.8. The molecule has 152 valence electrons. The highest BCUT2D eigenvalue weighted by Gasteiger charge is 2.09. The van der Waals surface area contributed by atoms with Crippen LogP contribution in [0.1, 0.15) is 31.9 Å². The van der Waals surface area contributed by atoms with Crippen LogP contribution in [0.15, 0.2) is 53.5 Å². The van der Waals surface area contributed by atoms with Crippen LogP contribution in [-0.2, 0) is 22.6 Å². The Morgan fingerprint density at radius 1 is 1.00 bits per heavy atom. The number of nitrogens with zero attached hydrogens (tertiary/aromatic N) is 2. The van der Waals surface area contributed by atoms with Crippen LogP contribution in [-0.4, -0.2) is 47.7 Å². The molecule has 0 spiro atoms. The van der Waals surface area contributed by atoms with Crippen LogP contribution in [0.25, 0.3) is 0 Å². The fourth-order valence-electron chi connectivity index (χ4n) is 2.81. The van der Waals surface area contributed by atoms with E-state index in [1.807, 2.05) is 33.0 Å². The smallest absolute Gasteiger partial charge is 0.293 e. The van der Waals surface area contributed by atoms with E-state index in [0.29, 0.717) is 13.0 Å². The third-order valence-corrected chi connectivity index (χ3v) is 4.29. The Morgan fingerprint density at radius 2 is 1.61 bits per heavy atom. The zero-order chi connectivity index (χ0) is 20.4. The van der Waals surface area contributed by atoms with E-state index in [-0.39, 0.29) is 11.2 Å². The Kier molecular flexibility index (Phi) is 8.42. The second-order valence-corrected chi connectivity index (χ2v) is 7.84. The summed E-state index contributed by atoms with van der Waals surface area (Å²) in [5.41, 5.74) is 2.22. The van der Waals surface area contributed by atoms with Gasteiger partial charge in [0, 0.05) is 45.0 Å². The SMILES string of the molecule is CC(C)(C)OC=O.O=c1ccccn1Cc1ccc(CN2CCNCC2)cc1. The van der Waals surface area contributed by atoms with Gasteiger partial charge in [0.15, 0.2) is 0 Å². The predicted octanol–water partition coefficient (Wildman–Crippen LogP) is 2.26. The topological polar surface area (TPSA) is 63.6 Å². The molecule has 6 heteroatoms. The first-order valence-corrected chi connectivity index (χ1v) is 9.65. The summed E-state index contributed by atoms with van der Waals surface area (Å²) in [5.74, 6) is 0. The fourth-order valence-corrected chi connectivity index (χ4v) is 2.81. The van der Waals surface area contributed by atoms with Crippen molar-refractivity contribution in [3.05, 3.63) is 70.1 Å². The van der Waals surface area contributed by atoms with Gasteiger partial charge in [-0.25, -0.2) is 0 Å². The number of pyridine rings is 1. The van der Waals surface area contributed by atoms with Crippen molar-refractivity contribution in [1.29, 1.82) is 0 Å². The first kappa shape index (κ1) is 21.9. The normalized spacial score (nSPS) is 14.7. The number of nitrogens with one attached hydrogen (secondary N) is 1. The third-order valence-electron chi connectivity index (χ3n) is 4.29. The highest BCUT2D eigenvalue weighted by atomic mass is 16.5. The highest BCUT2D eigenvalue weighted by molar-refractivity contribution is 5.37. The minimum absolute atomic E-state index is 0.0439. The van der Waals surface area contributed by atoms with Crippen LogP contribution in [0.4, 0.5) is 0 Å². The van der Waals surface area contributed by atoms with Gasteiger partial charge in [0.25, 0.3) is 12.0 Å². The lowest BCUT2D eigenvalue weighted by Crippen LogP contribution is -2.42. The van der Waals surface area contributed by atoms with Gasteiger partial charge >= 0.3 is 0 Å². The molecule has 0 aliphatic carbocycles. The third kappa shape index (κ3) is 8.06. The lowest BCUT2D eigenvalue weighted by atomic mass is 10.1. The molecular formula is C22H31N3O3. The number of carbonyl (C=O) groups is 1. The molecule has 3 rings (SSSR count). The van der Waals surface area contributed by atoms with Crippen molar-refractivity contribution in [3.63, 3.8) is 0 Å². The van der Waals surface area contributed by atoms with Gasteiger partial charge in [-0.05, 0) is 38.0 Å². The molecular weight excluding hydrogens is 354 g/mol. The summed E-state index contributed by atoms with van der Waals surface area (Å²) >= 11 is 0. The molecule has 28 heavy (non-hydrogen) atoms. The van der Waals surface area contributed by atoms with Crippen molar-refractivity contribution in [2.75, 3.05) is 26.2 Å². The van der Waals surface area contributed by atoms with Crippen LogP contribution in [0.5, 0.6) is 0 Å². The van der Waals surface area contributed by atoms with Crippen LogP contribution in [0.3, 0.4) is 0 Å². The Hall–Kier alpha value is -2.44. The van der Waals surface area contributed by atoms with Crippen molar-refractivity contribution in [1.82, 2.24) is 14.8 Å². The molecule has 1 aliphatic heterocycles. The minimum Gasteiger partial charge on any atom is -0.462 e. The number of benzene rings is 1. The quantitative estimate of drug-likeness (QED) is 0.800. The van der Waals surface area contributed by atoms with Crippen molar-refractivity contribution in [3.8, 4) is 0 Å². The van der Waals surface area contributed by atoms with E-state index in [4.69, 9.17) is 0 Å². The van der Waals surface area contributed by atoms with Crippen LogP contribution >= 0.6 is 0 Å². The average molecular weight is 386 g/mol. The van der Waals surface area contributed by atoms with E-state index in [1.54, 1.807) is 16.7 Å². The Morgan fingerprint density at radius 3 is 2.11 bits per heavy atom. The number of carbonyl (C=O) groups excluding carboxylic acids is 1. The average Bonchev–Trinajstić information content (AvgIpc) is 2.66. The zero-order valence-electron chi connectivity index (χ0n) is 17.1. The molecule has 2 aromatic rings. The first-order valence-electron chi connectivity index (χ1n) is 9.65. The van der Waals surface area contributed by atoms with Gasteiger partial charge in [-0.1, -0.05) is 30.3 Å². The maximum Gasteiger partial charge on any atom is 0.293 e. The molecule has 0 unspecified atom stereocenters. The molecule has 0 atom stereocenters. The number of rotatable bonds is 5. The molecule has 6 nitrogen and oxygen atoms in total. The molecule has 1 aromatic carbocycles. The number of piperazine rings is 1. The minimum atomic E-state index is -0.318. The summed E-state index contributed by atoms with van der Waals surface area (Å²) in [4.78, 5) is 23.8. The summed E-state index contributed by atoms with van der Waals surface area (Å²) in [7, 11) is 0. The maximum absolute atomic E-state index is 11.7. The Balaban J connectivity index is 0.000000345. The molecule has 0 radical (unpaired) electrons. The van der Waals surface area contributed by atoms with Gasteiger partial charge in [-0.15, -0.1) is 0 Å². The number of hydrogen-bond acceptors (Lipinski definition) is 5. The monoisotopic (exact) mass is 385 g/mol. The van der Waals surface area contributed by atoms with Crippen molar-refractivity contribution < 1.29 is 9.53 Å². The van der Waals surface area contributed by atoms with Crippen molar-refractivity contribution in [2.24, 2.45) is 0 Å². The lowest BCUT2D eigenvalue weighted by molar-refractivity contribution is -0.138. The van der Waals surface area contributed by atoms with Crippen LogP contribution in [0.2, 0.25) is 0 Å². The Bertz CT molecular complexity index is 773. The predicted molar refractivity (Wildman–Crippen MR) is 111 cm³/mol. The van der Waals surface area contributed by atoms with Gasteiger partial charge in [-0.3, -0.25) is 14.5 Å². The molecule has 0 bridgehead atoms. The molecule has 0 amide bonds. The van der Waals surface area contributed by atoms with Crippen molar-refractivity contribution >= 4 is 6.47 Å². The van der Waals surface area contributed by atoms with Crippen molar-refractivity contribution in [2.45, 2.75) is 39.5 Å². The fraction of sp³-hybridized carbons (Fsp3) is 0.455. The van der Waals surface area contributed by atoms with Gasteiger partial charge < -0.3 is 14.6 Å². The number of aromatic nitrogens is 1. The maximum atomic E-state index is 11.7. The lowest BCUT2D eigenvalue weighted by Gasteiger charge is -2.27. The molecule has 1 aromatic heterocycles. The molecule has 2 heterocycles. The standard InChI is InChI=1S/C17H21N3O.C5H10O2/c21-17-3-1-2-10-20(17)14-16-6-4-15(5-7-16)13-19-11-8-18-9-12-19;1-5(2,3)7-4-6/h1-7,10,18H,8-9,11-14H2;4H,1-3H3. The number of ether oxygens (including phenoxy) is 1. The zero-order valence-corrected chi connectivity index (χ0v) is 17.1. The molecule has 1 aliphatic rings. The van der Waals surface area contributed by atoms with Gasteiger partial charge in [-0.2, -0.15) is 0 Å². The summed E-state index contributed by atoms with van der Waals surface area (Å²) < 4.78 is 6.28. The largest absolute Gasteiger partial charge is 0.462 e. The van der Waals surface area contributed by atoms with E-state index in [0.717, 1.165) is 38.3 Å². The summed E-state index contributed by atoms with van der Waals surface area (Å²) in [5, 5.41) is 3.37. The van der Waals surface area contributed by atoms with E-state index in [9.17, 15) is 9.59 Å². The van der Waals surface area contributed by atoms with Crippen LogP contribution in [0, 0.1) is 0 Å². The number of hydrogen-bond donors (Lipinski definition) is 1. The Labute approximate surface area is 167 Å². The van der Waals surface area contributed by atoms with Gasteiger partial charge in [0.1, 0.15) is 5.60 Å². The molecule has 1 N–H and O–H groups in total. The summed E-state index contributed by atoms with van der Waals surface area (Å²) in [6.07, 6.45) is 1.83. The molecule has 1 saturated heterocycles. The first-order chi connectivity index (χ1) is 13.4. The molecule has 1 fully saturated rings. The van der Waals surface area contributed by atoms with E-state index < -0.39 is 0 Å². The molecule has 0 saturated carbocycles. The summed E-state index contributed by atoms with van der Waals surface area (Å²) in [6.45, 7) is 11.9. The van der Waals surface area contributed by atoms with E-state index in [2.05, 4.69) is 39.2 Å². The van der Waals surface area contributed by atoms with Crippen LogP contribution < -0.4 is 10.9 Å². The van der Waals surface area contributed by atoms with Gasteiger partial charge in [0.2, 0.25) is 0 Å². The second-order valence-electron chi connectivity index (χ2n) is 7.84.